The maximum absolute atomic E-state index is 14.8. The molecule has 11 heteroatoms. The summed E-state index contributed by atoms with van der Waals surface area (Å²) in [4.78, 5) is 13.7. The van der Waals surface area contributed by atoms with E-state index in [1.807, 2.05) is 91.0 Å². The van der Waals surface area contributed by atoms with Crippen molar-refractivity contribution in [3.05, 3.63) is 156 Å². The molecular weight excluding hydrogens is 689 g/mol. The molecule has 0 unspecified atom stereocenters. The SMILES string of the molecule is C=CC[C@H](C[C@H]1O[C@H](OC)[C@H](OCc2ccccc2)[C@@H](OCc2ccccc2)[C@@H]1OCc1ccccc1)OC(=O)[C@@](OC)(c1ccccc1)C(F)(F)F. The van der Waals surface area contributed by atoms with Crippen LogP contribution in [0.1, 0.15) is 35.1 Å². The number of hydrogen-bond donors (Lipinski definition) is 0. The number of methoxy groups -OCH3 is 2. The molecule has 0 N–H and O–H groups in total. The second-order valence-corrected chi connectivity index (χ2v) is 12.6. The van der Waals surface area contributed by atoms with E-state index in [1.54, 1.807) is 6.07 Å². The summed E-state index contributed by atoms with van der Waals surface area (Å²) in [6.45, 7) is 4.33. The van der Waals surface area contributed by atoms with Crippen LogP contribution in [-0.2, 0) is 63.4 Å². The van der Waals surface area contributed by atoms with Gasteiger partial charge in [-0.1, -0.05) is 127 Å². The lowest BCUT2D eigenvalue weighted by Crippen LogP contribution is -2.61. The third-order valence-corrected chi connectivity index (χ3v) is 9.05. The van der Waals surface area contributed by atoms with E-state index in [0.717, 1.165) is 23.8 Å². The lowest BCUT2D eigenvalue weighted by Gasteiger charge is -2.46. The van der Waals surface area contributed by atoms with Crippen LogP contribution in [-0.4, -0.2) is 63.2 Å². The second kappa shape index (κ2) is 19.1. The van der Waals surface area contributed by atoms with Crippen LogP contribution in [0.25, 0.3) is 0 Å². The fourth-order valence-corrected chi connectivity index (χ4v) is 6.38. The van der Waals surface area contributed by atoms with Gasteiger partial charge in [0.2, 0.25) is 0 Å². The van der Waals surface area contributed by atoms with Gasteiger partial charge in [-0.3, -0.25) is 0 Å². The van der Waals surface area contributed by atoms with Crippen LogP contribution in [0.15, 0.2) is 134 Å². The summed E-state index contributed by atoms with van der Waals surface area (Å²) >= 11 is 0. The van der Waals surface area contributed by atoms with E-state index in [9.17, 15) is 18.0 Å². The van der Waals surface area contributed by atoms with Crippen molar-refractivity contribution in [1.82, 2.24) is 0 Å². The monoisotopic (exact) mass is 734 g/mol. The van der Waals surface area contributed by atoms with Crippen molar-refractivity contribution >= 4 is 5.97 Å². The molecule has 0 amide bonds. The van der Waals surface area contributed by atoms with Crippen LogP contribution < -0.4 is 0 Å². The Hall–Kier alpha value is -4.36. The molecule has 1 heterocycles. The Morgan fingerprint density at radius 2 is 1.17 bits per heavy atom. The molecule has 5 rings (SSSR count). The van der Waals surface area contributed by atoms with E-state index in [-0.39, 0.29) is 32.7 Å². The lowest BCUT2D eigenvalue weighted by molar-refractivity contribution is -0.321. The first kappa shape index (κ1) is 39.8. The number of hydrogen-bond acceptors (Lipinski definition) is 8. The quantitative estimate of drug-likeness (QED) is 0.0750. The summed E-state index contributed by atoms with van der Waals surface area (Å²) in [5.74, 6) is -1.62. The van der Waals surface area contributed by atoms with E-state index in [1.165, 1.54) is 37.5 Å². The maximum Gasteiger partial charge on any atom is 0.432 e. The third kappa shape index (κ3) is 10.00. The minimum Gasteiger partial charge on any atom is -0.459 e. The topological polar surface area (TPSA) is 81.7 Å². The molecule has 282 valence electrons. The van der Waals surface area contributed by atoms with Gasteiger partial charge in [0.1, 0.15) is 24.4 Å². The van der Waals surface area contributed by atoms with E-state index < -0.39 is 60.1 Å². The molecule has 1 fully saturated rings. The molecule has 7 atom stereocenters. The summed E-state index contributed by atoms with van der Waals surface area (Å²) in [5.41, 5.74) is -1.11. The molecule has 8 nitrogen and oxygen atoms in total. The molecule has 53 heavy (non-hydrogen) atoms. The zero-order valence-corrected chi connectivity index (χ0v) is 29.7. The Morgan fingerprint density at radius 3 is 1.60 bits per heavy atom. The molecule has 4 aromatic carbocycles. The standard InChI is InChI=1S/C42H45F3O8/c1-4-17-34(52-40(46)41(48-3,42(43,44)45)33-24-15-8-16-25-33)26-35-36(49-27-30-18-9-5-10-19-30)37(50-28-31-20-11-6-12-21-31)38(39(47-2)53-35)51-29-32-22-13-7-14-23-32/h4-16,18-25,34-39H,1,17,26-29H2,2-3H3/t34-,35-,36-,37+,38-,39+,41+/m1/s1. The molecular formula is C42H45F3O8. The van der Waals surface area contributed by atoms with Gasteiger partial charge in [0, 0.05) is 32.6 Å². The van der Waals surface area contributed by atoms with Crippen LogP contribution in [0, 0.1) is 0 Å². The third-order valence-electron chi connectivity index (χ3n) is 9.05. The van der Waals surface area contributed by atoms with Crippen molar-refractivity contribution < 1.29 is 51.1 Å². The lowest BCUT2D eigenvalue weighted by atomic mass is 9.91. The fraction of sp³-hybridized carbons (Fsp3) is 0.357. The second-order valence-electron chi connectivity index (χ2n) is 12.6. The zero-order chi connectivity index (χ0) is 37.7. The van der Waals surface area contributed by atoms with Crippen LogP contribution >= 0.6 is 0 Å². The van der Waals surface area contributed by atoms with Gasteiger partial charge >= 0.3 is 12.1 Å². The van der Waals surface area contributed by atoms with E-state index >= 15 is 0 Å². The molecule has 1 aliphatic rings. The van der Waals surface area contributed by atoms with Crippen LogP contribution in [0.2, 0.25) is 0 Å². The van der Waals surface area contributed by atoms with Crippen LogP contribution in [0.3, 0.4) is 0 Å². The average Bonchev–Trinajstić information content (AvgIpc) is 3.17. The molecule has 0 radical (unpaired) electrons. The van der Waals surface area contributed by atoms with Gasteiger partial charge in [-0.2, -0.15) is 13.2 Å². The molecule has 1 aliphatic heterocycles. The first-order valence-electron chi connectivity index (χ1n) is 17.3. The van der Waals surface area contributed by atoms with Crippen LogP contribution in [0.5, 0.6) is 0 Å². The summed E-state index contributed by atoms with van der Waals surface area (Å²) in [5, 5.41) is 0. The highest BCUT2D eigenvalue weighted by Crippen LogP contribution is 2.44. The van der Waals surface area contributed by atoms with E-state index in [2.05, 4.69) is 6.58 Å². The van der Waals surface area contributed by atoms with Crippen molar-refractivity contribution in [2.24, 2.45) is 0 Å². The zero-order valence-electron chi connectivity index (χ0n) is 29.7. The van der Waals surface area contributed by atoms with Gasteiger partial charge in [-0.05, 0) is 16.7 Å². The number of carbonyl (C=O) groups is 1. The molecule has 1 saturated heterocycles. The normalized spacial score (nSPS) is 22.0. The molecule has 0 saturated carbocycles. The molecule has 0 aromatic heterocycles. The Kier molecular flexibility index (Phi) is 14.4. The first-order valence-corrected chi connectivity index (χ1v) is 17.3. The number of benzene rings is 4. The van der Waals surface area contributed by atoms with Gasteiger partial charge in [0.25, 0.3) is 5.60 Å². The first-order chi connectivity index (χ1) is 25.7. The Balaban J connectivity index is 1.48. The number of esters is 1. The number of alkyl halides is 3. The minimum absolute atomic E-state index is 0.00453. The highest BCUT2D eigenvalue weighted by atomic mass is 19.4. The summed E-state index contributed by atoms with van der Waals surface area (Å²) in [7, 11) is 2.30. The van der Waals surface area contributed by atoms with Crippen molar-refractivity contribution in [3.63, 3.8) is 0 Å². The van der Waals surface area contributed by atoms with Gasteiger partial charge in [-0.25, -0.2) is 4.79 Å². The predicted octanol–water partition coefficient (Wildman–Crippen LogP) is 8.10. The molecule has 0 aliphatic carbocycles. The highest BCUT2D eigenvalue weighted by Gasteiger charge is 2.64. The highest BCUT2D eigenvalue weighted by molar-refractivity contribution is 5.82. The van der Waals surface area contributed by atoms with Crippen molar-refractivity contribution in [1.29, 1.82) is 0 Å². The van der Waals surface area contributed by atoms with E-state index in [4.69, 9.17) is 33.2 Å². The Bertz CT molecular complexity index is 1680. The van der Waals surface area contributed by atoms with Crippen molar-refractivity contribution in [2.75, 3.05) is 14.2 Å². The molecule has 0 bridgehead atoms. The number of halogens is 3. The van der Waals surface area contributed by atoms with Crippen molar-refractivity contribution in [3.8, 4) is 0 Å². The smallest absolute Gasteiger partial charge is 0.432 e. The molecule has 0 spiro atoms. The molecule has 4 aromatic rings. The van der Waals surface area contributed by atoms with Gasteiger partial charge in [0.05, 0.1) is 25.9 Å². The van der Waals surface area contributed by atoms with Gasteiger partial charge in [-0.15, -0.1) is 6.58 Å². The van der Waals surface area contributed by atoms with E-state index in [0.29, 0.717) is 0 Å². The Labute approximate surface area is 308 Å². The van der Waals surface area contributed by atoms with Crippen LogP contribution in [0.4, 0.5) is 13.2 Å². The number of rotatable bonds is 18. The summed E-state index contributed by atoms with van der Waals surface area (Å²) < 4.78 is 87.1. The minimum atomic E-state index is -5.15. The Morgan fingerprint density at radius 1 is 0.717 bits per heavy atom. The average molecular weight is 735 g/mol. The van der Waals surface area contributed by atoms with Gasteiger partial charge in [0.15, 0.2) is 6.29 Å². The predicted molar refractivity (Wildman–Crippen MR) is 191 cm³/mol. The summed E-state index contributed by atoms with van der Waals surface area (Å²) in [6.07, 6.45) is -9.27. The maximum atomic E-state index is 14.8. The number of ether oxygens (including phenoxy) is 7. The number of carbonyl (C=O) groups excluding carboxylic acids is 1. The van der Waals surface area contributed by atoms with Gasteiger partial charge < -0.3 is 33.2 Å². The summed E-state index contributed by atoms with van der Waals surface area (Å²) in [6, 6.07) is 35.3. The fourth-order valence-electron chi connectivity index (χ4n) is 6.38. The van der Waals surface area contributed by atoms with Crippen molar-refractivity contribution in [2.45, 2.75) is 81.2 Å². The largest absolute Gasteiger partial charge is 0.459 e.